The zero-order valence-electron chi connectivity index (χ0n) is 14.6. The summed E-state index contributed by atoms with van der Waals surface area (Å²) in [4.78, 5) is 18.3. The quantitative estimate of drug-likeness (QED) is 0.735. The van der Waals surface area contributed by atoms with Gasteiger partial charge in [-0.1, -0.05) is 53.7 Å². The number of sulfone groups is 1. The highest BCUT2D eigenvalue weighted by molar-refractivity contribution is 8.16. The third kappa shape index (κ3) is 3.81. The van der Waals surface area contributed by atoms with Crippen LogP contribution in [0.2, 0.25) is 5.02 Å². The number of para-hydroxylation sites is 1. The van der Waals surface area contributed by atoms with Crippen molar-refractivity contribution in [1.82, 2.24) is 0 Å². The van der Waals surface area contributed by atoms with Crippen LogP contribution in [0.1, 0.15) is 5.56 Å². The van der Waals surface area contributed by atoms with E-state index in [-0.39, 0.29) is 28.9 Å². The normalized spacial score (nSPS) is 24.5. The first-order valence-corrected chi connectivity index (χ1v) is 11.7. The summed E-state index contributed by atoms with van der Waals surface area (Å²) in [6.07, 6.45) is 0.0163. The Bertz CT molecular complexity index is 1070. The largest absolute Gasteiger partial charge is 0.313 e. The smallest absolute Gasteiger partial charge is 0.252 e. The van der Waals surface area contributed by atoms with Crippen molar-refractivity contribution >= 4 is 50.0 Å². The van der Waals surface area contributed by atoms with Crippen LogP contribution in [-0.4, -0.2) is 42.3 Å². The molecular weight excluding hydrogens is 423 g/mol. The van der Waals surface area contributed by atoms with Gasteiger partial charge in [-0.3, -0.25) is 4.79 Å². The molecule has 0 radical (unpaired) electrons. The second kappa shape index (κ2) is 7.50. The van der Waals surface area contributed by atoms with Crippen molar-refractivity contribution in [2.45, 2.75) is 17.7 Å². The first-order chi connectivity index (χ1) is 13.3. The molecule has 0 unspecified atom stereocenters. The molecule has 2 aromatic rings. The number of thioether (sulfide) groups is 1. The molecule has 28 heavy (non-hydrogen) atoms. The molecule has 2 aromatic carbocycles. The summed E-state index contributed by atoms with van der Waals surface area (Å²) < 4.78 is 38.6. The van der Waals surface area contributed by atoms with Crippen molar-refractivity contribution in [3.05, 3.63) is 64.9 Å². The Kier molecular flexibility index (Phi) is 5.20. The van der Waals surface area contributed by atoms with Gasteiger partial charge in [0.25, 0.3) is 5.91 Å². The first kappa shape index (κ1) is 19.4. The van der Waals surface area contributed by atoms with Crippen LogP contribution in [0, 0.1) is 5.82 Å². The number of amidine groups is 1. The molecule has 2 aliphatic rings. The van der Waals surface area contributed by atoms with Crippen LogP contribution in [0.3, 0.4) is 0 Å². The van der Waals surface area contributed by atoms with Crippen LogP contribution in [0.5, 0.6) is 0 Å². The zero-order chi connectivity index (χ0) is 19.9. The minimum atomic E-state index is -3.21. The highest BCUT2D eigenvalue weighted by atomic mass is 35.5. The summed E-state index contributed by atoms with van der Waals surface area (Å²) in [7, 11) is -3.21. The zero-order valence-corrected chi connectivity index (χ0v) is 17.0. The minimum Gasteiger partial charge on any atom is -0.313 e. The van der Waals surface area contributed by atoms with E-state index in [0.717, 1.165) is 0 Å². The Morgan fingerprint density at radius 1 is 1.18 bits per heavy atom. The molecule has 0 saturated carbocycles. The number of hydrogen-bond acceptors (Lipinski definition) is 4. The molecule has 0 aromatic heterocycles. The van der Waals surface area contributed by atoms with Crippen molar-refractivity contribution in [1.29, 1.82) is 0 Å². The summed E-state index contributed by atoms with van der Waals surface area (Å²) in [5.74, 6) is -0.999. The lowest BCUT2D eigenvalue weighted by Gasteiger charge is -2.24. The lowest BCUT2D eigenvalue weighted by atomic mass is 10.1. The maximum Gasteiger partial charge on any atom is 0.252 e. The lowest BCUT2D eigenvalue weighted by molar-refractivity contribution is -0.117. The van der Waals surface area contributed by atoms with E-state index in [1.807, 2.05) is 0 Å². The van der Waals surface area contributed by atoms with E-state index in [0.29, 0.717) is 15.8 Å². The van der Waals surface area contributed by atoms with Crippen LogP contribution in [0.4, 0.5) is 10.1 Å². The van der Waals surface area contributed by atoms with E-state index < -0.39 is 27.6 Å². The fourth-order valence-corrected chi connectivity index (χ4v) is 7.57. The molecule has 0 N–H and O–H groups in total. The highest BCUT2D eigenvalue weighted by Crippen LogP contribution is 2.41. The van der Waals surface area contributed by atoms with E-state index in [9.17, 15) is 17.6 Å². The van der Waals surface area contributed by atoms with Gasteiger partial charge in [-0.25, -0.2) is 12.8 Å². The number of carbonyl (C=O) groups is 1. The Balaban J connectivity index is 1.67. The molecular formula is C19H16ClFN2O3S2. The van der Waals surface area contributed by atoms with Crippen molar-refractivity contribution in [2.75, 3.05) is 16.4 Å². The van der Waals surface area contributed by atoms with Crippen LogP contribution < -0.4 is 4.90 Å². The number of hydrogen-bond donors (Lipinski definition) is 0. The van der Waals surface area contributed by atoms with Gasteiger partial charge < -0.3 is 4.90 Å². The maximum absolute atomic E-state index is 14.4. The molecule has 4 rings (SSSR count). The molecule has 2 heterocycles. The number of benzene rings is 2. The van der Waals surface area contributed by atoms with Gasteiger partial charge in [0, 0.05) is 10.3 Å². The van der Waals surface area contributed by atoms with Crippen molar-refractivity contribution < 1.29 is 17.6 Å². The third-order valence-electron chi connectivity index (χ3n) is 4.70. The van der Waals surface area contributed by atoms with Crippen molar-refractivity contribution in [3.8, 4) is 0 Å². The van der Waals surface area contributed by atoms with Gasteiger partial charge in [-0.2, -0.15) is 4.99 Å². The monoisotopic (exact) mass is 438 g/mol. The molecule has 2 fully saturated rings. The van der Waals surface area contributed by atoms with Gasteiger partial charge in [0.2, 0.25) is 0 Å². The molecule has 5 nitrogen and oxygen atoms in total. The number of anilines is 1. The summed E-state index contributed by atoms with van der Waals surface area (Å²) in [5, 5.41) is 0.521. The number of carbonyl (C=O) groups excluding carboxylic acids is 1. The molecule has 0 bridgehead atoms. The van der Waals surface area contributed by atoms with E-state index in [2.05, 4.69) is 4.99 Å². The van der Waals surface area contributed by atoms with Gasteiger partial charge in [-0.15, -0.1) is 0 Å². The van der Waals surface area contributed by atoms with Gasteiger partial charge in [0.15, 0.2) is 15.0 Å². The predicted octanol–water partition coefficient (Wildman–Crippen LogP) is 3.32. The third-order valence-corrected chi connectivity index (χ3v) is 8.28. The predicted molar refractivity (Wildman–Crippen MR) is 110 cm³/mol. The Morgan fingerprint density at radius 3 is 2.64 bits per heavy atom. The van der Waals surface area contributed by atoms with Crippen LogP contribution in [0.15, 0.2) is 53.5 Å². The summed E-state index contributed by atoms with van der Waals surface area (Å²) in [5.41, 5.74) is 0.880. The SMILES string of the molecule is O=C(Cc1ccccc1Cl)N=C1S[C@H]2CS(=O)(=O)C[C@H]2N1c1ccccc1F. The standard InChI is InChI=1S/C19H16ClFN2O3S2/c20-13-6-2-1-5-12(13)9-18(24)22-19-23(15-8-4-3-7-14(15)21)16-10-28(25,26)11-17(16)27-19/h1-8,16-17H,9-11H2/t16-,17+/m1/s1. The number of fused-ring (bicyclic) bond motifs is 1. The highest BCUT2D eigenvalue weighted by Gasteiger charge is 2.49. The number of aliphatic imine (C=N–C) groups is 1. The van der Waals surface area contributed by atoms with E-state index >= 15 is 0 Å². The molecule has 0 aliphatic carbocycles. The average Bonchev–Trinajstić information content (AvgIpc) is 3.08. The van der Waals surface area contributed by atoms with Gasteiger partial charge >= 0.3 is 0 Å². The van der Waals surface area contributed by atoms with Crippen LogP contribution in [0.25, 0.3) is 0 Å². The molecule has 2 saturated heterocycles. The minimum absolute atomic E-state index is 0.00892. The molecule has 2 aliphatic heterocycles. The lowest BCUT2D eigenvalue weighted by Crippen LogP contribution is -2.38. The molecule has 2 atom stereocenters. The van der Waals surface area contributed by atoms with Gasteiger partial charge in [-0.05, 0) is 23.8 Å². The average molecular weight is 439 g/mol. The fraction of sp³-hybridized carbons (Fsp3) is 0.263. The second-order valence-corrected chi connectivity index (χ2v) is 10.4. The molecule has 0 spiro atoms. The summed E-state index contributed by atoms with van der Waals surface area (Å²) in [6, 6.07) is 12.7. The van der Waals surface area contributed by atoms with Crippen LogP contribution in [-0.2, 0) is 21.1 Å². The van der Waals surface area contributed by atoms with E-state index in [1.165, 1.54) is 17.8 Å². The molecule has 146 valence electrons. The summed E-state index contributed by atoms with van der Waals surface area (Å²) in [6.45, 7) is 0. The maximum atomic E-state index is 14.4. The number of halogens is 2. The van der Waals surface area contributed by atoms with Crippen molar-refractivity contribution in [2.24, 2.45) is 4.99 Å². The van der Waals surface area contributed by atoms with Gasteiger partial charge in [0.1, 0.15) is 5.82 Å². The van der Waals surface area contributed by atoms with E-state index in [4.69, 9.17) is 11.6 Å². The number of amides is 1. The summed E-state index contributed by atoms with van der Waals surface area (Å²) >= 11 is 7.32. The van der Waals surface area contributed by atoms with Crippen molar-refractivity contribution in [3.63, 3.8) is 0 Å². The second-order valence-electron chi connectivity index (χ2n) is 6.68. The Labute approximate surface area is 171 Å². The van der Waals surface area contributed by atoms with E-state index in [1.54, 1.807) is 47.4 Å². The topological polar surface area (TPSA) is 66.8 Å². The molecule has 1 amide bonds. The number of rotatable bonds is 3. The molecule has 9 heteroatoms. The Hall–Kier alpha value is -1.90. The van der Waals surface area contributed by atoms with Gasteiger partial charge in [0.05, 0.1) is 29.7 Å². The first-order valence-electron chi connectivity index (χ1n) is 8.60. The number of nitrogens with zero attached hydrogens (tertiary/aromatic N) is 2. The van der Waals surface area contributed by atoms with Crippen LogP contribution >= 0.6 is 23.4 Å². The fourth-order valence-electron chi connectivity index (χ4n) is 3.44. The Morgan fingerprint density at radius 2 is 1.89 bits per heavy atom.